The second kappa shape index (κ2) is 4.70. The van der Waals surface area contributed by atoms with Crippen molar-refractivity contribution in [2.24, 2.45) is 0 Å². The van der Waals surface area contributed by atoms with Gasteiger partial charge in [0.15, 0.2) is 0 Å². The molecule has 1 fully saturated rings. The first-order chi connectivity index (χ1) is 5.36. The normalized spacial score (nSPS) is 27.3. The first-order valence-electron chi connectivity index (χ1n) is 4.35. The number of nitrogens with zero attached hydrogens (tertiary/aromatic N) is 1. The highest BCUT2D eigenvalue weighted by Gasteiger charge is 2.17. The van der Waals surface area contributed by atoms with Crippen molar-refractivity contribution in [2.45, 2.75) is 13.0 Å². The van der Waals surface area contributed by atoms with Gasteiger partial charge in [-0.1, -0.05) is 6.92 Å². The van der Waals surface area contributed by atoms with Gasteiger partial charge in [-0.2, -0.15) is 0 Å². The molecule has 0 aromatic rings. The van der Waals surface area contributed by atoms with Crippen molar-refractivity contribution in [1.82, 2.24) is 10.2 Å². The van der Waals surface area contributed by atoms with Crippen molar-refractivity contribution in [1.29, 1.82) is 0 Å². The van der Waals surface area contributed by atoms with Gasteiger partial charge in [-0.15, -0.1) is 0 Å². The molecule has 66 valence electrons. The second-order valence-electron chi connectivity index (χ2n) is 2.94. The second-order valence-corrected chi connectivity index (χ2v) is 2.94. The van der Waals surface area contributed by atoms with Crippen LogP contribution in [0.15, 0.2) is 0 Å². The van der Waals surface area contributed by atoms with Gasteiger partial charge >= 0.3 is 0 Å². The molecule has 0 aromatic carbocycles. The molecular formula is C8H18N2O. The summed E-state index contributed by atoms with van der Waals surface area (Å²) >= 11 is 0. The fourth-order valence-electron chi connectivity index (χ4n) is 1.42. The molecule has 1 rings (SSSR count). The molecule has 3 heteroatoms. The molecule has 1 N–H and O–H groups in total. The largest absolute Gasteiger partial charge is 0.374 e. The summed E-state index contributed by atoms with van der Waals surface area (Å²) in [5.41, 5.74) is 0. The van der Waals surface area contributed by atoms with Crippen molar-refractivity contribution < 1.29 is 4.74 Å². The fraction of sp³-hybridized carbons (Fsp3) is 1.00. The molecule has 0 amide bonds. The molecule has 3 nitrogen and oxygen atoms in total. The van der Waals surface area contributed by atoms with Crippen molar-refractivity contribution >= 4 is 0 Å². The Morgan fingerprint density at radius 2 is 2.45 bits per heavy atom. The number of hydrogen-bond acceptors (Lipinski definition) is 3. The van der Waals surface area contributed by atoms with E-state index in [1.165, 1.54) is 0 Å². The topological polar surface area (TPSA) is 24.5 Å². The number of likely N-dealkylation sites (N-methyl/N-ethyl adjacent to an activating group) is 2. The average Bonchev–Trinajstić information content (AvgIpc) is 2.06. The highest BCUT2D eigenvalue weighted by atomic mass is 16.5. The first-order valence-corrected chi connectivity index (χ1v) is 4.35. The Morgan fingerprint density at radius 3 is 3.09 bits per heavy atom. The third-order valence-corrected chi connectivity index (χ3v) is 2.10. The lowest BCUT2D eigenvalue weighted by molar-refractivity contribution is -0.0244. The van der Waals surface area contributed by atoms with E-state index < -0.39 is 0 Å². The van der Waals surface area contributed by atoms with Gasteiger partial charge in [0.05, 0.1) is 12.7 Å². The van der Waals surface area contributed by atoms with Crippen molar-refractivity contribution in [3.05, 3.63) is 0 Å². The maximum atomic E-state index is 5.55. The van der Waals surface area contributed by atoms with Crippen LogP contribution in [0.1, 0.15) is 6.92 Å². The van der Waals surface area contributed by atoms with Crippen LogP contribution in [0.2, 0.25) is 0 Å². The summed E-state index contributed by atoms with van der Waals surface area (Å²) in [5.74, 6) is 0. The standard InChI is InChI=1S/C8H18N2O/c1-3-10-4-5-11-8(7-10)6-9-2/h8-9H,3-7H2,1-2H3. The predicted octanol–water partition coefficient (Wildman–Crippen LogP) is -0.0735. The highest BCUT2D eigenvalue weighted by molar-refractivity contribution is 4.71. The zero-order valence-electron chi connectivity index (χ0n) is 7.47. The molecule has 0 saturated carbocycles. The van der Waals surface area contributed by atoms with Crippen LogP contribution in [0.3, 0.4) is 0 Å². The van der Waals surface area contributed by atoms with Crippen LogP contribution in [0.5, 0.6) is 0 Å². The van der Waals surface area contributed by atoms with E-state index in [9.17, 15) is 0 Å². The minimum Gasteiger partial charge on any atom is -0.374 e. The van der Waals surface area contributed by atoms with E-state index in [4.69, 9.17) is 4.74 Å². The molecule has 0 radical (unpaired) electrons. The van der Waals surface area contributed by atoms with Gasteiger partial charge in [-0.05, 0) is 13.6 Å². The average molecular weight is 158 g/mol. The third kappa shape index (κ3) is 2.77. The third-order valence-electron chi connectivity index (χ3n) is 2.10. The molecule has 1 heterocycles. The quantitative estimate of drug-likeness (QED) is 0.622. The van der Waals surface area contributed by atoms with Crippen LogP contribution in [-0.2, 0) is 4.74 Å². The van der Waals surface area contributed by atoms with Crippen molar-refractivity contribution in [2.75, 3.05) is 39.8 Å². The maximum absolute atomic E-state index is 5.55. The summed E-state index contributed by atoms with van der Waals surface area (Å²) < 4.78 is 5.55. The van der Waals surface area contributed by atoms with Gasteiger partial charge in [-0.25, -0.2) is 0 Å². The first kappa shape index (κ1) is 8.97. The Balaban J connectivity index is 2.21. The molecule has 0 spiro atoms. The SMILES string of the molecule is CCN1CCOC(CNC)C1. The van der Waals surface area contributed by atoms with Crippen LogP contribution in [0, 0.1) is 0 Å². The van der Waals surface area contributed by atoms with E-state index in [1.54, 1.807) is 0 Å². The van der Waals surface area contributed by atoms with E-state index in [0.717, 1.165) is 32.8 Å². The molecule has 0 bridgehead atoms. The Kier molecular flexibility index (Phi) is 3.83. The Morgan fingerprint density at radius 1 is 1.64 bits per heavy atom. The summed E-state index contributed by atoms with van der Waals surface area (Å²) in [6.45, 7) is 7.37. The Bertz CT molecular complexity index is 106. The molecule has 0 aromatic heterocycles. The number of rotatable bonds is 3. The molecular weight excluding hydrogens is 140 g/mol. The lowest BCUT2D eigenvalue weighted by atomic mass is 10.3. The Labute approximate surface area is 68.7 Å². The molecule has 1 saturated heterocycles. The smallest absolute Gasteiger partial charge is 0.0826 e. The van der Waals surface area contributed by atoms with Crippen LogP contribution in [-0.4, -0.2) is 50.8 Å². The van der Waals surface area contributed by atoms with Gasteiger partial charge in [-0.3, -0.25) is 4.90 Å². The van der Waals surface area contributed by atoms with Gasteiger partial charge in [0, 0.05) is 19.6 Å². The Hall–Kier alpha value is -0.120. The van der Waals surface area contributed by atoms with Crippen LogP contribution in [0.4, 0.5) is 0 Å². The number of morpholine rings is 1. The number of ether oxygens (including phenoxy) is 1. The minimum absolute atomic E-state index is 0.397. The summed E-state index contributed by atoms with van der Waals surface area (Å²) in [5, 5.41) is 3.13. The molecule has 0 aliphatic carbocycles. The van der Waals surface area contributed by atoms with Gasteiger partial charge in [0.1, 0.15) is 0 Å². The van der Waals surface area contributed by atoms with Gasteiger partial charge in [0.25, 0.3) is 0 Å². The van der Waals surface area contributed by atoms with Gasteiger partial charge < -0.3 is 10.1 Å². The summed E-state index contributed by atoms with van der Waals surface area (Å²) in [4.78, 5) is 2.42. The molecule has 1 aliphatic heterocycles. The van der Waals surface area contributed by atoms with Crippen LogP contribution < -0.4 is 5.32 Å². The minimum atomic E-state index is 0.397. The van der Waals surface area contributed by atoms with E-state index in [0.29, 0.717) is 6.10 Å². The maximum Gasteiger partial charge on any atom is 0.0826 e. The molecule has 1 aliphatic rings. The molecule has 1 unspecified atom stereocenters. The predicted molar refractivity (Wildman–Crippen MR) is 45.8 cm³/mol. The van der Waals surface area contributed by atoms with Crippen LogP contribution in [0.25, 0.3) is 0 Å². The van der Waals surface area contributed by atoms with E-state index in [1.807, 2.05) is 7.05 Å². The zero-order chi connectivity index (χ0) is 8.10. The van der Waals surface area contributed by atoms with E-state index >= 15 is 0 Å². The highest BCUT2D eigenvalue weighted by Crippen LogP contribution is 2.02. The zero-order valence-corrected chi connectivity index (χ0v) is 7.47. The molecule has 1 atom stereocenters. The fourth-order valence-corrected chi connectivity index (χ4v) is 1.42. The van der Waals surface area contributed by atoms with Gasteiger partial charge in [0.2, 0.25) is 0 Å². The van der Waals surface area contributed by atoms with E-state index in [-0.39, 0.29) is 0 Å². The number of hydrogen-bond donors (Lipinski definition) is 1. The summed E-state index contributed by atoms with van der Waals surface area (Å²) in [6, 6.07) is 0. The summed E-state index contributed by atoms with van der Waals surface area (Å²) in [7, 11) is 1.97. The van der Waals surface area contributed by atoms with Crippen molar-refractivity contribution in [3.63, 3.8) is 0 Å². The lowest BCUT2D eigenvalue weighted by Gasteiger charge is -2.31. The van der Waals surface area contributed by atoms with Crippen molar-refractivity contribution in [3.8, 4) is 0 Å². The summed E-state index contributed by atoms with van der Waals surface area (Å²) in [6.07, 6.45) is 0.397. The van der Waals surface area contributed by atoms with Crippen LogP contribution >= 0.6 is 0 Å². The van der Waals surface area contributed by atoms with E-state index in [2.05, 4.69) is 17.1 Å². The number of nitrogens with one attached hydrogen (secondary N) is 1. The monoisotopic (exact) mass is 158 g/mol. The lowest BCUT2D eigenvalue weighted by Crippen LogP contribution is -2.45. The molecule has 11 heavy (non-hydrogen) atoms.